The Kier molecular flexibility index (Phi) is 4.02. The number of hydrogen-bond acceptors (Lipinski definition) is 4. The third-order valence-corrected chi connectivity index (χ3v) is 6.19. The molecule has 0 amide bonds. The van der Waals surface area contributed by atoms with Crippen LogP contribution in [0.25, 0.3) is 5.57 Å². The van der Waals surface area contributed by atoms with Crippen molar-refractivity contribution in [3.63, 3.8) is 0 Å². The molecule has 2 fully saturated rings. The van der Waals surface area contributed by atoms with Crippen molar-refractivity contribution in [1.29, 1.82) is 0 Å². The number of halogens is 1. The van der Waals surface area contributed by atoms with Gasteiger partial charge in [-0.05, 0) is 54.7 Å². The lowest BCUT2D eigenvalue weighted by atomic mass is 9.80. The molecule has 5 rings (SSSR count). The number of ketones is 1. The van der Waals surface area contributed by atoms with Gasteiger partial charge >= 0.3 is 0 Å². The molecule has 0 radical (unpaired) electrons. The van der Waals surface area contributed by atoms with Gasteiger partial charge < -0.3 is 14.6 Å². The van der Waals surface area contributed by atoms with Crippen LogP contribution in [0.5, 0.6) is 11.5 Å². The molecule has 2 bridgehead atoms. The van der Waals surface area contributed by atoms with Crippen LogP contribution in [0.2, 0.25) is 0 Å². The molecule has 4 atom stereocenters. The van der Waals surface area contributed by atoms with E-state index < -0.39 is 5.82 Å². The number of hydrogen-bond donors (Lipinski definition) is 1. The number of fused-ring (bicyclic) bond motifs is 5. The molecule has 3 aliphatic rings. The monoisotopic (exact) mass is 380 g/mol. The lowest BCUT2D eigenvalue weighted by Crippen LogP contribution is -2.29. The van der Waals surface area contributed by atoms with E-state index in [4.69, 9.17) is 9.47 Å². The first kappa shape index (κ1) is 17.4. The highest BCUT2D eigenvalue weighted by Gasteiger charge is 2.59. The van der Waals surface area contributed by atoms with Crippen LogP contribution in [0.1, 0.15) is 30.9 Å². The van der Waals surface area contributed by atoms with E-state index in [2.05, 4.69) is 0 Å². The van der Waals surface area contributed by atoms with Crippen molar-refractivity contribution in [2.45, 2.75) is 38.4 Å². The molecule has 2 aromatic rings. The predicted octanol–water partition coefficient (Wildman–Crippen LogP) is 4.83. The highest BCUT2D eigenvalue weighted by molar-refractivity contribution is 6.25. The average molecular weight is 380 g/mol. The van der Waals surface area contributed by atoms with Crippen molar-refractivity contribution in [1.82, 2.24) is 0 Å². The third kappa shape index (κ3) is 2.49. The summed E-state index contributed by atoms with van der Waals surface area (Å²) in [6.45, 7) is 2.00. The molecule has 0 unspecified atom stereocenters. The number of ether oxygens (including phenoxy) is 2. The third-order valence-electron chi connectivity index (χ3n) is 6.19. The lowest BCUT2D eigenvalue weighted by Gasteiger charge is -2.19. The van der Waals surface area contributed by atoms with Crippen molar-refractivity contribution < 1.29 is 23.8 Å². The van der Waals surface area contributed by atoms with Gasteiger partial charge in [0.2, 0.25) is 0 Å². The van der Waals surface area contributed by atoms with Crippen molar-refractivity contribution in [3.05, 3.63) is 65.2 Å². The Morgan fingerprint density at radius 1 is 1.14 bits per heavy atom. The molecule has 4 nitrogen and oxygen atoms in total. The van der Waals surface area contributed by atoms with Crippen molar-refractivity contribution in [2.24, 2.45) is 11.8 Å². The topological polar surface area (TPSA) is 55.8 Å². The van der Waals surface area contributed by atoms with Crippen LogP contribution in [-0.2, 0) is 16.0 Å². The second kappa shape index (κ2) is 6.45. The number of carbonyl (C=O) groups excluding carboxylic acids is 1. The van der Waals surface area contributed by atoms with Gasteiger partial charge in [0.05, 0.1) is 29.6 Å². The van der Waals surface area contributed by atoms with Crippen molar-refractivity contribution in [2.75, 3.05) is 0 Å². The van der Waals surface area contributed by atoms with Gasteiger partial charge in [0.1, 0.15) is 11.5 Å². The quantitative estimate of drug-likeness (QED) is 0.826. The summed E-state index contributed by atoms with van der Waals surface area (Å²) >= 11 is 0. The first-order valence-corrected chi connectivity index (χ1v) is 9.77. The van der Waals surface area contributed by atoms with E-state index in [9.17, 15) is 14.3 Å². The largest absolute Gasteiger partial charge is 0.511 e. The number of benzene rings is 2. The Morgan fingerprint density at radius 2 is 1.89 bits per heavy atom. The summed E-state index contributed by atoms with van der Waals surface area (Å²) in [5.41, 5.74) is 2.00. The molecule has 5 heteroatoms. The molecule has 2 aromatic carbocycles. The van der Waals surface area contributed by atoms with Crippen LogP contribution < -0.4 is 4.74 Å². The van der Waals surface area contributed by atoms with Gasteiger partial charge in [-0.1, -0.05) is 25.1 Å². The van der Waals surface area contributed by atoms with Gasteiger partial charge in [0.15, 0.2) is 17.3 Å². The first-order valence-electron chi connectivity index (χ1n) is 9.77. The predicted molar refractivity (Wildman–Crippen MR) is 102 cm³/mol. The molecule has 144 valence electrons. The minimum absolute atomic E-state index is 0.0487. The maximum Gasteiger partial charge on any atom is 0.173 e. The molecular weight excluding hydrogens is 359 g/mol. The van der Waals surface area contributed by atoms with E-state index in [0.717, 1.165) is 18.4 Å². The van der Waals surface area contributed by atoms with Gasteiger partial charge in [-0.3, -0.25) is 4.79 Å². The van der Waals surface area contributed by atoms with E-state index in [1.54, 1.807) is 30.3 Å². The number of carbonyl (C=O) groups is 1. The summed E-state index contributed by atoms with van der Waals surface area (Å²) in [5.74, 6) is -0.325. The van der Waals surface area contributed by atoms with Gasteiger partial charge in [0, 0.05) is 0 Å². The van der Waals surface area contributed by atoms with Crippen LogP contribution in [0.15, 0.2) is 48.2 Å². The maximum atomic E-state index is 14.0. The summed E-state index contributed by atoms with van der Waals surface area (Å²) in [6.07, 6.45) is 2.30. The minimum Gasteiger partial charge on any atom is -0.511 e. The smallest absolute Gasteiger partial charge is 0.173 e. The van der Waals surface area contributed by atoms with Crippen LogP contribution in [0.4, 0.5) is 4.39 Å². The zero-order valence-corrected chi connectivity index (χ0v) is 15.5. The van der Waals surface area contributed by atoms with Crippen LogP contribution in [-0.4, -0.2) is 23.1 Å². The van der Waals surface area contributed by atoms with Crippen molar-refractivity contribution >= 4 is 11.4 Å². The van der Waals surface area contributed by atoms with Gasteiger partial charge in [0.25, 0.3) is 0 Å². The molecule has 0 spiro atoms. The maximum absolute atomic E-state index is 14.0. The Hall–Kier alpha value is -2.66. The van der Waals surface area contributed by atoms with Gasteiger partial charge in [-0.2, -0.15) is 0 Å². The highest BCUT2D eigenvalue weighted by atomic mass is 19.1. The van der Waals surface area contributed by atoms with Gasteiger partial charge in [-0.15, -0.1) is 0 Å². The molecular formula is C23H21FO4. The Bertz CT molecular complexity index is 996. The summed E-state index contributed by atoms with van der Waals surface area (Å²) in [7, 11) is 0. The standard InChI is InChI=1S/C23H21FO4/c1-2-12-7-8-13(27-16-6-4-3-5-15(16)24)11-14(12)19-22(25)20-17-9-10-18(28-17)21(20)23(19)26/h3-8,11,17-18,20-21,25H,2,9-10H2,1H3/t17-,18+,20-,21+/m1/s1. The van der Waals surface area contributed by atoms with E-state index in [0.29, 0.717) is 23.3 Å². The first-order chi connectivity index (χ1) is 13.6. The molecule has 28 heavy (non-hydrogen) atoms. The normalized spacial score (nSPS) is 28.1. The fourth-order valence-electron chi connectivity index (χ4n) is 4.90. The van der Waals surface area contributed by atoms with E-state index >= 15 is 0 Å². The fraction of sp³-hybridized carbons (Fsp3) is 0.348. The molecule has 0 aromatic heterocycles. The van der Waals surface area contributed by atoms with E-state index in [1.165, 1.54) is 6.07 Å². The molecule has 2 saturated heterocycles. The molecule has 2 aliphatic heterocycles. The minimum atomic E-state index is -0.453. The number of allylic oxidation sites excluding steroid dienone is 1. The van der Waals surface area contributed by atoms with E-state index in [-0.39, 0.29) is 41.3 Å². The molecule has 2 heterocycles. The number of aliphatic hydroxyl groups excluding tert-OH is 1. The Balaban J connectivity index is 1.56. The summed E-state index contributed by atoms with van der Waals surface area (Å²) < 4.78 is 25.5. The number of Topliss-reactive ketones (excluding diaryl/α,β-unsaturated/α-hetero) is 1. The van der Waals surface area contributed by atoms with Gasteiger partial charge in [-0.25, -0.2) is 4.39 Å². The number of aliphatic hydroxyl groups is 1. The Labute approximate surface area is 162 Å². The van der Waals surface area contributed by atoms with Crippen LogP contribution >= 0.6 is 0 Å². The summed E-state index contributed by atoms with van der Waals surface area (Å²) in [5, 5.41) is 10.9. The summed E-state index contributed by atoms with van der Waals surface area (Å²) in [6, 6.07) is 11.6. The van der Waals surface area contributed by atoms with Crippen molar-refractivity contribution in [3.8, 4) is 11.5 Å². The SMILES string of the molecule is CCc1ccc(Oc2ccccc2F)cc1C1=C(O)[C@H]2[C@@H](C1=O)[C@@H]1CC[C@H]2O1. The van der Waals surface area contributed by atoms with Crippen LogP contribution in [0.3, 0.4) is 0 Å². The second-order valence-electron chi connectivity index (χ2n) is 7.67. The summed E-state index contributed by atoms with van der Waals surface area (Å²) in [4.78, 5) is 13.2. The lowest BCUT2D eigenvalue weighted by molar-refractivity contribution is -0.118. The molecule has 1 aliphatic carbocycles. The van der Waals surface area contributed by atoms with E-state index in [1.807, 2.05) is 13.0 Å². The average Bonchev–Trinajstić information content (AvgIpc) is 3.37. The zero-order chi connectivity index (χ0) is 19.4. The molecule has 1 N–H and O–H groups in total. The van der Waals surface area contributed by atoms with Crippen LogP contribution in [0, 0.1) is 17.7 Å². The number of para-hydroxylation sites is 1. The fourth-order valence-corrected chi connectivity index (χ4v) is 4.90. The highest BCUT2D eigenvalue weighted by Crippen LogP contribution is 2.54. The zero-order valence-electron chi connectivity index (χ0n) is 15.5. The number of rotatable bonds is 4. The number of aryl methyl sites for hydroxylation is 1. The molecule has 0 saturated carbocycles. The second-order valence-corrected chi connectivity index (χ2v) is 7.67. The Morgan fingerprint density at radius 3 is 2.61 bits per heavy atom.